The van der Waals surface area contributed by atoms with Crippen LogP contribution in [-0.2, 0) is 0 Å². The van der Waals surface area contributed by atoms with Crippen molar-refractivity contribution in [1.82, 2.24) is 0 Å². The number of hydrogen-bond acceptors (Lipinski definition) is 3. The van der Waals surface area contributed by atoms with Gasteiger partial charge in [-0.25, -0.2) is 0 Å². The minimum absolute atomic E-state index is 0.0912. The van der Waals surface area contributed by atoms with Gasteiger partial charge in [0, 0.05) is 12.6 Å². The monoisotopic (exact) mass is 160 g/mol. The van der Waals surface area contributed by atoms with Crippen LogP contribution in [0.25, 0.3) is 0 Å². The second-order valence-electron chi connectivity index (χ2n) is 3.51. The Balaban J connectivity index is 3.43. The summed E-state index contributed by atoms with van der Waals surface area (Å²) in [6.45, 7) is 4.55. The normalized spacial score (nSPS) is 16.9. The van der Waals surface area contributed by atoms with E-state index in [1.807, 2.05) is 0 Å². The van der Waals surface area contributed by atoms with Crippen molar-refractivity contribution < 1.29 is 5.11 Å². The van der Waals surface area contributed by atoms with Crippen LogP contribution >= 0.6 is 0 Å². The zero-order chi connectivity index (χ0) is 8.85. The molecule has 0 aliphatic heterocycles. The van der Waals surface area contributed by atoms with E-state index >= 15 is 0 Å². The fourth-order valence-corrected chi connectivity index (χ4v) is 1.15. The molecule has 0 fully saturated rings. The van der Waals surface area contributed by atoms with Gasteiger partial charge in [-0.05, 0) is 18.8 Å². The molecule has 0 aromatic rings. The van der Waals surface area contributed by atoms with Crippen LogP contribution in [0.4, 0.5) is 0 Å². The summed E-state index contributed by atoms with van der Waals surface area (Å²) in [5, 5.41) is 9.14. The van der Waals surface area contributed by atoms with E-state index < -0.39 is 6.10 Å². The maximum atomic E-state index is 9.14. The number of aliphatic hydroxyl groups is 1. The Kier molecular flexibility index (Phi) is 5.46. The number of hydrogen-bond donors (Lipinski definition) is 3. The van der Waals surface area contributed by atoms with Crippen LogP contribution in [0.1, 0.15) is 26.7 Å². The van der Waals surface area contributed by atoms with E-state index in [0.717, 1.165) is 6.42 Å². The second-order valence-corrected chi connectivity index (χ2v) is 3.51. The summed E-state index contributed by atoms with van der Waals surface area (Å²) in [6, 6.07) is 0.0912. The smallest absolute Gasteiger partial charge is 0.0677 e. The summed E-state index contributed by atoms with van der Waals surface area (Å²) in [7, 11) is 0. The average Bonchev–Trinajstić information content (AvgIpc) is 1.85. The Morgan fingerprint density at radius 2 is 1.82 bits per heavy atom. The molecule has 5 N–H and O–H groups in total. The minimum atomic E-state index is -0.427. The van der Waals surface area contributed by atoms with Crippen LogP contribution < -0.4 is 11.5 Å². The Labute approximate surface area is 68.8 Å². The van der Waals surface area contributed by atoms with Gasteiger partial charge < -0.3 is 16.6 Å². The van der Waals surface area contributed by atoms with Crippen molar-refractivity contribution >= 4 is 0 Å². The maximum Gasteiger partial charge on any atom is 0.0677 e. The topological polar surface area (TPSA) is 72.3 Å². The van der Waals surface area contributed by atoms with Crippen LogP contribution in [0.2, 0.25) is 0 Å². The third-order valence-electron chi connectivity index (χ3n) is 1.62. The van der Waals surface area contributed by atoms with Gasteiger partial charge in [-0.3, -0.25) is 0 Å². The van der Waals surface area contributed by atoms with Gasteiger partial charge in [0.1, 0.15) is 0 Å². The molecule has 0 aliphatic rings. The molecule has 0 aliphatic carbocycles. The third kappa shape index (κ3) is 6.28. The first-order chi connectivity index (χ1) is 5.06. The molecule has 3 heteroatoms. The number of rotatable bonds is 5. The summed E-state index contributed by atoms with van der Waals surface area (Å²) in [4.78, 5) is 0. The van der Waals surface area contributed by atoms with Crippen LogP contribution in [0.3, 0.4) is 0 Å². The molecule has 0 saturated carbocycles. The lowest BCUT2D eigenvalue weighted by Gasteiger charge is -2.16. The van der Waals surface area contributed by atoms with Crippen LogP contribution in [0, 0.1) is 5.92 Å². The van der Waals surface area contributed by atoms with E-state index in [1.54, 1.807) is 0 Å². The molecule has 0 amide bonds. The molecular weight excluding hydrogens is 140 g/mol. The number of aliphatic hydroxyl groups excluding tert-OH is 1. The molecule has 11 heavy (non-hydrogen) atoms. The molecular formula is C8H20N2O. The quantitative estimate of drug-likeness (QED) is 0.533. The first-order valence-corrected chi connectivity index (χ1v) is 4.20. The number of nitrogens with two attached hydrogens (primary N) is 2. The van der Waals surface area contributed by atoms with E-state index in [0.29, 0.717) is 18.9 Å². The molecule has 0 spiro atoms. The summed E-state index contributed by atoms with van der Waals surface area (Å²) < 4.78 is 0. The van der Waals surface area contributed by atoms with Crippen molar-refractivity contribution in [1.29, 1.82) is 0 Å². The van der Waals surface area contributed by atoms with Crippen molar-refractivity contribution in [2.45, 2.75) is 38.8 Å². The molecule has 68 valence electrons. The summed E-state index contributed by atoms with van der Waals surface area (Å²) in [6.07, 6.45) is 1.15. The molecule has 0 bridgehead atoms. The molecule has 0 saturated heterocycles. The Morgan fingerprint density at radius 1 is 1.27 bits per heavy atom. The van der Waals surface area contributed by atoms with E-state index in [4.69, 9.17) is 16.6 Å². The first-order valence-electron chi connectivity index (χ1n) is 4.20. The largest absolute Gasteiger partial charge is 0.392 e. The van der Waals surface area contributed by atoms with Crippen LogP contribution in [0.15, 0.2) is 0 Å². The van der Waals surface area contributed by atoms with E-state index in [2.05, 4.69) is 13.8 Å². The predicted octanol–water partition coefficient (Wildman–Crippen LogP) is 0.0695. The zero-order valence-electron chi connectivity index (χ0n) is 7.46. The molecule has 0 heterocycles. The van der Waals surface area contributed by atoms with Gasteiger partial charge in [-0.1, -0.05) is 13.8 Å². The SMILES string of the molecule is CC(C)C[C@@H](N)C[C@H](O)CN. The highest BCUT2D eigenvalue weighted by atomic mass is 16.3. The molecule has 0 radical (unpaired) electrons. The minimum Gasteiger partial charge on any atom is -0.392 e. The maximum absolute atomic E-state index is 9.14. The van der Waals surface area contributed by atoms with Gasteiger partial charge >= 0.3 is 0 Å². The van der Waals surface area contributed by atoms with Crippen molar-refractivity contribution in [2.75, 3.05) is 6.54 Å². The Hall–Kier alpha value is -0.120. The van der Waals surface area contributed by atoms with Gasteiger partial charge in [0.15, 0.2) is 0 Å². The first kappa shape index (κ1) is 10.9. The van der Waals surface area contributed by atoms with Crippen molar-refractivity contribution in [3.8, 4) is 0 Å². The standard InChI is InChI=1S/C8H20N2O/c1-6(2)3-7(10)4-8(11)5-9/h6-8,11H,3-5,9-10H2,1-2H3/t7-,8+/m1/s1. The average molecular weight is 160 g/mol. The van der Waals surface area contributed by atoms with Crippen LogP contribution in [-0.4, -0.2) is 23.8 Å². The Morgan fingerprint density at radius 3 is 2.18 bits per heavy atom. The highest BCUT2D eigenvalue weighted by Gasteiger charge is 2.10. The van der Waals surface area contributed by atoms with E-state index in [1.165, 1.54) is 0 Å². The molecule has 0 rings (SSSR count). The van der Waals surface area contributed by atoms with Gasteiger partial charge in [0.25, 0.3) is 0 Å². The summed E-state index contributed by atoms with van der Waals surface area (Å²) in [5.74, 6) is 0.593. The predicted molar refractivity (Wildman–Crippen MR) is 47.1 cm³/mol. The summed E-state index contributed by atoms with van der Waals surface area (Å²) >= 11 is 0. The third-order valence-corrected chi connectivity index (χ3v) is 1.62. The molecule has 0 aromatic carbocycles. The lowest BCUT2D eigenvalue weighted by Crippen LogP contribution is -2.31. The molecule has 0 unspecified atom stereocenters. The highest BCUT2D eigenvalue weighted by molar-refractivity contribution is 4.68. The lowest BCUT2D eigenvalue weighted by atomic mass is 10.00. The van der Waals surface area contributed by atoms with Crippen molar-refractivity contribution in [3.63, 3.8) is 0 Å². The molecule has 3 nitrogen and oxygen atoms in total. The van der Waals surface area contributed by atoms with Gasteiger partial charge in [-0.15, -0.1) is 0 Å². The van der Waals surface area contributed by atoms with Gasteiger partial charge in [0.05, 0.1) is 6.10 Å². The van der Waals surface area contributed by atoms with Gasteiger partial charge in [0.2, 0.25) is 0 Å². The second kappa shape index (κ2) is 5.52. The fraction of sp³-hybridized carbons (Fsp3) is 1.00. The fourth-order valence-electron chi connectivity index (χ4n) is 1.15. The lowest BCUT2D eigenvalue weighted by molar-refractivity contribution is 0.159. The van der Waals surface area contributed by atoms with E-state index in [-0.39, 0.29) is 6.04 Å². The van der Waals surface area contributed by atoms with Gasteiger partial charge in [-0.2, -0.15) is 0 Å². The van der Waals surface area contributed by atoms with E-state index in [9.17, 15) is 0 Å². The van der Waals surface area contributed by atoms with Crippen molar-refractivity contribution in [3.05, 3.63) is 0 Å². The molecule has 2 atom stereocenters. The summed E-state index contributed by atoms with van der Waals surface area (Å²) in [5.41, 5.74) is 11.0. The molecule has 0 aromatic heterocycles. The van der Waals surface area contributed by atoms with Crippen molar-refractivity contribution in [2.24, 2.45) is 17.4 Å². The Bertz CT molecular complexity index is 96.1. The van der Waals surface area contributed by atoms with Crippen LogP contribution in [0.5, 0.6) is 0 Å². The zero-order valence-corrected chi connectivity index (χ0v) is 7.46. The highest BCUT2D eigenvalue weighted by Crippen LogP contribution is 2.06.